The molecule has 0 saturated carbocycles. The van der Waals surface area contributed by atoms with Crippen LogP contribution in [0.2, 0.25) is 0 Å². The zero-order valence-corrected chi connectivity index (χ0v) is 11.6. The van der Waals surface area contributed by atoms with Gasteiger partial charge >= 0.3 is 15.6 Å². The third-order valence-corrected chi connectivity index (χ3v) is 3.15. The maximum Gasteiger partial charge on any atom is 0.534 e. The van der Waals surface area contributed by atoms with Gasteiger partial charge in [-0.25, -0.2) is 0 Å². The fraction of sp³-hybridized carbons (Fsp3) is 0.273. The number of alkyl halides is 3. The zero-order valence-electron chi connectivity index (χ0n) is 10.8. The normalized spacial score (nSPS) is 11.9. The molecule has 1 amide bonds. The second-order valence-electron chi connectivity index (χ2n) is 3.93. The maximum absolute atomic E-state index is 12.2. The first-order valence-electron chi connectivity index (χ1n) is 5.37. The van der Waals surface area contributed by atoms with Gasteiger partial charge in [0.2, 0.25) is 5.91 Å². The van der Waals surface area contributed by atoms with Gasteiger partial charge in [-0.1, -0.05) is 0 Å². The Balaban J connectivity index is 3.21. The van der Waals surface area contributed by atoms with E-state index in [0.717, 1.165) is 25.1 Å². The van der Waals surface area contributed by atoms with Crippen molar-refractivity contribution in [3.63, 3.8) is 0 Å². The summed E-state index contributed by atoms with van der Waals surface area (Å²) in [5.74, 6) is -1.78. The van der Waals surface area contributed by atoms with Crippen LogP contribution in [0.5, 0.6) is 5.75 Å². The van der Waals surface area contributed by atoms with Crippen molar-refractivity contribution in [3.05, 3.63) is 23.8 Å². The van der Waals surface area contributed by atoms with Gasteiger partial charge in [0.25, 0.3) is 0 Å². The Bertz CT molecular complexity index is 682. The Hall–Kier alpha value is -2.10. The number of Topliss-reactive ketones (excluding diaryl/α,β-unsaturated/α-hetero) is 1. The lowest BCUT2D eigenvalue weighted by Crippen LogP contribution is -2.28. The van der Waals surface area contributed by atoms with Crippen LogP contribution in [-0.4, -0.2) is 25.6 Å². The molecule has 0 unspecified atom stereocenters. The van der Waals surface area contributed by atoms with E-state index in [9.17, 15) is 31.2 Å². The van der Waals surface area contributed by atoms with Crippen molar-refractivity contribution in [2.75, 3.05) is 5.32 Å². The van der Waals surface area contributed by atoms with E-state index in [4.69, 9.17) is 0 Å². The Morgan fingerprint density at radius 1 is 1.19 bits per heavy atom. The molecule has 0 heterocycles. The first kappa shape index (κ1) is 17.0. The molecular formula is C11H10F3NO5S. The lowest BCUT2D eigenvalue weighted by molar-refractivity contribution is -0.114. The van der Waals surface area contributed by atoms with Gasteiger partial charge in [-0.2, -0.15) is 21.6 Å². The van der Waals surface area contributed by atoms with Crippen molar-refractivity contribution in [2.45, 2.75) is 19.4 Å². The summed E-state index contributed by atoms with van der Waals surface area (Å²) < 4.78 is 62.2. The number of hydrogen-bond acceptors (Lipinski definition) is 5. The first-order chi connectivity index (χ1) is 9.44. The fourth-order valence-electron chi connectivity index (χ4n) is 1.34. The van der Waals surface area contributed by atoms with E-state index in [1.165, 1.54) is 6.92 Å². The minimum absolute atomic E-state index is 0.0340. The average molecular weight is 325 g/mol. The molecule has 21 heavy (non-hydrogen) atoms. The zero-order chi connectivity index (χ0) is 16.4. The van der Waals surface area contributed by atoms with E-state index in [1.54, 1.807) is 0 Å². The molecule has 0 aliphatic heterocycles. The molecule has 0 aromatic heterocycles. The van der Waals surface area contributed by atoms with Gasteiger partial charge < -0.3 is 9.50 Å². The predicted molar refractivity (Wildman–Crippen MR) is 66.4 cm³/mol. The quantitative estimate of drug-likeness (QED) is 0.520. The molecule has 0 spiro atoms. The Morgan fingerprint density at radius 3 is 2.19 bits per heavy atom. The van der Waals surface area contributed by atoms with E-state index < -0.39 is 33.1 Å². The van der Waals surface area contributed by atoms with Crippen LogP contribution in [0, 0.1) is 0 Å². The molecule has 1 N–H and O–H groups in total. The summed E-state index contributed by atoms with van der Waals surface area (Å²) >= 11 is 0. The second kappa shape index (κ2) is 5.72. The number of carbonyl (C=O) groups is 2. The number of halogens is 3. The van der Waals surface area contributed by atoms with Crippen LogP contribution in [0.25, 0.3) is 0 Å². The number of carbonyl (C=O) groups excluding carboxylic acids is 2. The second-order valence-corrected chi connectivity index (χ2v) is 5.47. The van der Waals surface area contributed by atoms with Crippen LogP contribution >= 0.6 is 0 Å². The summed E-state index contributed by atoms with van der Waals surface area (Å²) in [5, 5.41) is 2.29. The lowest BCUT2D eigenvalue weighted by atomic mass is 10.1. The minimum atomic E-state index is -5.83. The van der Waals surface area contributed by atoms with Gasteiger partial charge in [0.1, 0.15) is 5.75 Å². The number of benzene rings is 1. The van der Waals surface area contributed by atoms with Gasteiger partial charge in [0, 0.05) is 12.5 Å². The van der Waals surface area contributed by atoms with Crippen molar-refractivity contribution >= 4 is 27.5 Å². The summed E-state index contributed by atoms with van der Waals surface area (Å²) in [6.45, 7) is 2.27. The van der Waals surface area contributed by atoms with Crippen LogP contribution in [-0.2, 0) is 14.9 Å². The molecular weight excluding hydrogens is 315 g/mol. The van der Waals surface area contributed by atoms with Crippen LogP contribution in [0.15, 0.2) is 18.2 Å². The molecule has 1 rings (SSSR count). The van der Waals surface area contributed by atoms with Gasteiger partial charge in [-0.15, -0.1) is 0 Å². The smallest absolute Gasteiger partial charge is 0.376 e. The monoisotopic (exact) mass is 325 g/mol. The van der Waals surface area contributed by atoms with Crippen molar-refractivity contribution < 1.29 is 35.4 Å². The van der Waals surface area contributed by atoms with Crippen molar-refractivity contribution in [1.82, 2.24) is 0 Å². The third kappa shape index (κ3) is 4.18. The van der Waals surface area contributed by atoms with E-state index >= 15 is 0 Å². The number of ketones is 1. The van der Waals surface area contributed by atoms with Crippen LogP contribution in [0.4, 0.5) is 18.9 Å². The van der Waals surface area contributed by atoms with Crippen LogP contribution in [0.1, 0.15) is 24.2 Å². The maximum atomic E-state index is 12.2. The lowest BCUT2D eigenvalue weighted by Gasteiger charge is -2.12. The van der Waals surface area contributed by atoms with Crippen LogP contribution in [0.3, 0.4) is 0 Å². The van der Waals surface area contributed by atoms with E-state index in [1.807, 2.05) is 0 Å². The molecule has 116 valence electrons. The first-order valence-corrected chi connectivity index (χ1v) is 6.78. The van der Waals surface area contributed by atoms with E-state index in [-0.39, 0.29) is 11.3 Å². The molecule has 0 aliphatic rings. The minimum Gasteiger partial charge on any atom is -0.376 e. The molecule has 10 heteroatoms. The van der Waals surface area contributed by atoms with Gasteiger partial charge in [-0.05, 0) is 25.1 Å². The molecule has 0 fully saturated rings. The Labute approximate surface area is 118 Å². The Kier molecular flexibility index (Phi) is 4.62. The highest BCUT2D eigenvalue weighted by atomic mass is 32.2. The van der Waals surface area contributed by atoms with Crippen molar-refractivity contribution in [2.24, 2.45) is 0 Å². The molecule has 0 bridgehead atoms. The summed E-state index contributed by atoms with van der Waals surface area (Å²) in [6, 6.07) is 2.76. The summed E-state index contributed by atoms with van der Waals surface area (Å²) in [6.07, 6.45) is 0. The van der Waals surface area contributed by atoms with Crippen molar-refractivity contribution in [1.29, 1.82) is 0 Å². The predicted octanol–water partition coefficient (Wildman–Crippen LogP) is 2.08. The number of anilines is 1. The molecule has 0 radical (unpaired) electrons. The molecule has 1 aromatic rings. The van der Waals surface area contributed by atoms with E-state index in [0.29, 0.717) is 0 Å². The number of hydrogen-bond donors (Lipinski definition) is 1. The largest absolute Gasteiger partial charge is 0.534 e. The molecule has 6 nitrogen and oxygen atoms in total. The molecule has 0 atom stereocenters. The average Bonchev–Trinajstić information content (AvgIpc) is 2.28. The molecule has 1 aromatic carbocycles. The van der Waals surface area contributed by atoms with Crippen molar-refractivity contribution in [3.8, 4) is 5.75 Å². The standard InChI is InChI=1S/C11H10F3NO5S/c1-6(16)9-5-8(3-4-10(9)15-7(2)17)20-21(18,19)11(12,13)14/h3-5H,1-2H3,(H,15,17). The molecule has 0 aliphatic carbocycles. The topological polar surface area (TPSA) is 89.5 Å². The Morgan fingerprint density at radius 2 is 1.76 bits per heavy atom. The highest BCUT2D eigenvalue weighted by Gasteiger charge is 2.48. The molecule has 0 saturated heterocycles. The number of rotatable bonds is 4. The van der Waals surface area contributed by atoms with Gasteiger partial charge in [0.05, 0.1) is 5.69 Å². The highest BCUT2D eigenvalue weighted by molar-refractivity contribution is 7.88. The van der Waals surface area contributed by atoms with Crippen LogP contribution < -0.4 is 9.50 Å². The highest BCUT2D eigenvalue weighted by Crippen LogP contribution is 2.29. The number of nitrogens with one attached hydrogen (secondary N) is 1. The third-order valence-electron chi connectivity index (χ3n) is 2.17. The van der Waals surface area contributed by atoms with Gasteiger partial charge in [0.15, 0.2) is 5.78 Å². The fourth-order valence-corrected chi connectivity index (χ4v) is 1.79. The number of amides is 1. The van der Waals surface area contributed by atoms with E-state index in [2.05, 4.69) is 9.50 Å². The van der Waals surface area contributed by atoms with Gasteiger partial charge in [-0.3, -0.25) is 9.59 Å². The summed E-state index contributed by atoms with van der Waals surface area (Å²) in [5.41, 5.74) is -5.73. The SMILES string of the molecule is CC(=O)Nc1ccc(OS(=O)(=O)C(F)(F)F)cc1C(C)=O. The summed E-state index contributed by atoms with van der Waals surface area (Å²) in [4.78, 5) is 22.3. The summed E-state index contributed by atoms with van der Waals surface area (Å²) in [7, 11) is -5.83.